The lowest BCUT2D eigenvalue weighted by Gasteiger charge is -2.26. The summed E-state index contributed by atoms with van der Waals surface area (Å²) < 4.78 is 30.0. The third-order valence-corrected chi connectivity index (χ3v) is 5.37. The average Bonchev–Trinajstić information content (AvgIpc) is 2.76. The number of methoxy groups -OCH3 is 1. The Kier molecular flexibility index (Phi) is 4.57. The number of carboxylic acids is 1. The van der Waals surface area contributed by atoms with Crippen LogP contribution in [0.3, 0.4) is 0 Å². The van der Waals surface area contributed by atoms with Gasteiger partial charge in [-0.2, -0.15) is 4.31 Å². The lowest BCUT2D eigenvalue weighted by Crippen LogP contribution is -2.45. The highest BCUT2D eigenvalue weighted by molar-refractivity contribution is 7.89. The summed E-state index contributed by atoms with van der Waals surface area (Å²) in [5.74, 6) is -2.25. The smallest absolute Gasteiger partial charge is 0.322 e. The first kappa shape index (κ1) is 15.9. The molecule has 0 radical (unpaired) electrons. The van der Waals surface area contributed by atoms with Crippen LogP contribution in [-0.4, -0.2) is 55.2 Å². The van der Waals surface area contributed by atoms with Gasteiger partial charge < -0.3 is 9.84 Å². The molecule has 0 unspecified atom stereocenters. The summed E-state index contributed by atoms with van der Waals surface area (Å²) in [5, 5.41) is 9.00. The summed E-state index contributed by atoms with van der Waals surface area (Å²) in [7, 11) is -2.63. The molecule has 110 valence electrons. The van der Waals surface area contributed by atoms with E-state index >= 15 is 0 Å². The van der Waals surface area contributed by atoms with Crippen molar-refractivity contribution in [2.24, 2.45) is 5.41 Å². The first-order valence-electron chi connectivity index (χ1n) is 5.92. The van der Waals surface area contributed by atoms with E-state index < -0.39 is 39.2 Å². The Labute approximate surface area is 112 Å². The van der Waals surface area contributed by atoms with E-state index in [1.165, 1.54) is 21.0 Å². The van der Waals surface area contributed by atoms with Crippen molar-refractivity contribution in [3.63, 3.8) is 0 Å². The third-order valence-electron chi connectivity index (χ3n) is 3.13. The lowest BCUT2D eigenvalue weighted by atomic mass is 9.97. The van der Waals surface area contributed by atoms with Crippen LogP contribution in [0.1, 0.15) is 26.7 Å². The van der Waals surface area contributed by atoms with Gasteiger partial charge in [-0.3, -0.25) is 9.59 Å². The van der Waals surface area contributed by atoms with Gasteiger partial charge in [0.05, 0.1) is 18.3 Å². The molecule has 0 amide bonds. The molecule has 7 nitrogen and oxygen atoms in total. The number of sulfonamides is 1. The molecule has 0 aromatic rings. The number of aliphatic carboxylic acids is 1. The summed E-state index contributed by atoms with van der Waals surface area (Å²) in [6.07, 6.45) is 0.808. The molecule has 0 bridgehead atoms. The van der Waals surface area contributed by atoms with E-state index in [0.29, 0.717) is 12.8 Å². The minimum Gasteiger partial charge on any atom is -0.480 e. The minimum atomic E-state index is -3.82. The number of nitrogens with zero attached hydrogens (tertiary/aromatic N) is 1. The van der Waals surface area contributed by atoms with Crippen molar-refractivity contribution in [3.8, 4) is 0 Å². The molecule has 1 N–H and O–H groups in total. The normalized spacial score (nSPS) is 21.3. The maximum atomic E-state index is 12.2. The van der Waals surface area contributed by atoms with E-state index in [9.17, 15) is 18.0 Å². The number of esters is 1. The Balaban J connectivity index is 2.93. The Morgan fingerprint density at radius 2 is 2.00 bits per heavy atom. The van der Waals surface area contributed by atoms with Crippen LogP contribution in [0, 0.1) is 5.41 Å². The molecule has 8 heteroatoms. The van der Waals surface area contributed by atoms with Crippen LogP contribution in [0.4, 0.5) is 0 Å². The number of hydrogen-bond acceptors (Lipinski definition) is 5. The summed E-state index contributed by atoms with van der Waals surface area (Å²) in [6.45, 7) is 3.10. The predicted molar refractivity (Wildman–Crippen MR) is 66.9 cm³/mol. The second kappa shape index (κ2) is 5.46. The van der Waals surface area contributed by atoms with Crippen molar-refractivity contribution in [2.45, 2.75) is 32.7 Å². The fraction of sp³-hybridized carbons (Fsp3) is 0.818. The van der Waals surface area contributed by atoms with Crippen molar-refractivity contribution >= 4 is 22.0 Å². The molecule has 0 aromatic carbocycles. The van der Waals surface area contributed by atoms with Gasteiger partial charge in [-0.25, -0.2) is 8.42 Å². The zero-order chi connectivity index (χ0) is 14.8. The number of ether oxygens (including phenoxy) is 1. The molecule has 1 heterocycles. The molecule has 0 spiro atoms. The molecule has 1 aliphatic heterocycles. The quantitative estimate of drug-likeness (QED) is 0.720. The van der Waals surface area contributed by atoms with Crippen LogP contribution < -0.4 is 0 Å². The topological polar surface area (TPSA) is 101 Å². The van der Waals surface area contributed by atoms with Crippen LogP contribution in [0.2, 0.25) is 0 Å². The Hall–Kier alpha value is -1.15. The van der Waals surface area contributed by atoms with Gasteiger partial charge in [0.15, 0.2) is 0 Å². The van der Waals surface area contributed by atoms with E-state index in [4.69, 9.17) is 5.11 Å². The number of hydrogen-bond donors (Lipinski definition) is 1. The van der Waals surface area contributed by atoms with E-state index in [2.05, 4.69) is 4.74 Å². The van der Waals surface area contributed by atoms with Crippen LogP contribution in [-0.2, 0) is 24.3 Å². The number of rotatable bonds is 5. The molecule has 0 saturated carbocycles. The second-order valence-corrected chi connectivity index (χ2v) is 7.16. The Morgan fingerprint density at radius 1 is 1.42 bits per heavy atom. The van der Waals surface area contributed by atoms with Gasteiger partial charge in [0, 0.05) is 6.54 Å². The highest BCUT2D eigenvalue weighted by Crippen LogP contribution is 2.27. The van der Waals surface area contributed by atoms with E-state index in [0.717, 1.165) is 4.31 Å². The standard InChI is InChI=1S/C11H19NO6S/c1-11(2,10(15)18-3)7-19(16,17)12-6-4-5-8(12)9(13)14/h8H,4-7H2,1-3H3,(H,13,14)/t8-/m0/s1. The van der Waals surface area contributed by atoms with Crippen LogP contribution in [0.15, 0.2) is 0 Å². The van der Waals surface area contributed by atoms with Gasteiger partial charge in [0.1, 0.15) is 6.04 Å². The number of carbonyl (C=O) groups excluding carboxylic acids is 1. The molecule has 1 rings (SSSR count). The fourth-order valence-corrected chi connectivity index (χ4v) is 4.38. The van der Waals surface area contributed by atoms with E-state index in [1.807, 2.05) is 0 Å². The maximum Gasteiger partial charge on any atom is 0.322 e. The number of carbonyl (C=O) groups is 2. The molecule has 1 fully saturated rings. The van der Waals surface area contributed by atoms with Crippen molar-refractivity contribution in [1.82, 2.24) is 4.31 Å². The fourth-order valence-electron chi connectivity index (χ4n) is 2.19. The molecule has 1 aliphatic rings. The zero-order valence-corrected chi connectivity index (χ0v) is 12.1. The zero-order valence-electron chi connectivity index (χ0n) is 11.2. The van der Waals surface area contributed by atoms with Gasteiger partial charge in [-0.05, 0) is 26.7 Å². The minimum absolute atomic E-state index is 0.177. The van der Waals surface area contributed by atoms with E-state index in [1.54, 1.807) is 0 Å². The Morgan fingerprint density at radius 3 is 2.47 bits per heavy atom. The van der Waals surface area contributed by atoms with Gasteiger partial charge in [-0.1, -0.05) is 0 Å². The van der Waals surface area contributed by atoms with E-state index in [-0.39, 0.29) is 6.54 Å². The van der Waals surface area contributed by atoms with Gasteiger partial charge in [0.2, 0.25) is 10.0 Å². The highest BCUT2D eigenvalue weighted by Gasteiger charge is 2.43. The molecule has 1 atom stereocenters. The molecular formula is C11H19NO6S. The average molecular weight is 293 g/mol. The van der Waals surface area contributed by atoms with Crippen LogP contribution in [0.5, 0.6) is 0 Å². The molecule has 0 aromatic heterocycles. The molecule has 1 saturated heterocycles. The van der Waals surface area contributed by atoms with Crippen molar-refractivity contribution in [1.29, 1.82) is 0 Å². The second-order valence-electron chi connectivity index (χ2n) is 5.24. The summed E-state index contributed by atoms with van der Waals surface area (Å²) in [6, 6.07) is -1.03. The maximum absolute atomic E-state index is 12.2. The van der Waals surface area contributed by atoms with Crippen LogP contribution in [0.25, 0.3) is 0 Å². The summed E-state index contributed by atoms with van der Waals surface area (Å²) >= 11 is 0. The first-order chi connectivity index (χ1) is 8.62. The van der Waals surface area contributed by atoms with Crippen molar-refractivity contribution in [2.75, 3.05) is 19.4 Å². The summed E-state index contributed by atoms with van der Waals surface area (Å²) in [5.41, 5.74) is -1.21. The molecule has 19 heavy (non-hydrogen) atoms. The van der Waals surface area contributed by atoms with Crippen molar-refractivity contribution < 1.29 is 27.9 Å². The van der Waals surface area contributed by atoms with Gasteiger partial charge >= 0.3 is 11.9 Å². The third kappa shape index (κ3) is 3.44. The van der Waals surface area contributed by atoms with Crippen molar-refractivity contribution in [3.05, 3.63) is 0 Å². The highest BCUT2D eigenvalue weighted by atomic mass is 32.2. The van der Waals surface area contributed by atoms with Gasteiger partial charge in [-0.15, -0.1) is 0 Å². The molecular weight excluding hydrogens is 274 g/mol. The van der Waals surface area contributed by atoms with Gasteiger partial charge in [0.25, 0.3) is 0 Å². The molecule has 0 aliphatic carbocycles. The largest absolute Gasteiger partial charge is 0.480 e. The lowest BCUT2D eigenvalue weighted by molar-refractivity contribution is -0.149. The monoisotopic (exact) mass is 293 g/mol. The predicted octanol–water partition coefficient (Wildman–Crippen LogP) is 0.0644. The van der Waals surface area contributed by atoms with Crippen LogP contribution >= 0.6 is 0 Å². The first-order valence-corrected chi connectivity index (χ1v) is 7.53. The Bertz CT molecular complexity index is 470. The number of carboxylic acid groups (broad SMARTS) is 1. The summed E-state index contributed by atoms with van der Waals surface area (Å²) in [4.78, 5) is 22.5. The SMILES string of the molecule is COC(=O)C(C)(C)CS(=O)(=O)N1CCC[C@H]1C(=O)O.